The molecular weight excluding hydrogens is 522 g/mol. The number of hydrogen-bond donors (Lipinski definition) is 2. The van der Waals surface area contributed by atoms with E-state index in [-0.39, 0.29) is 41.6 Å². The van der Waals surface area contributed by atoms with Gasteiger partial charge in [0.25, 0.3) is 0 Å². The molecule has 4 aromatic heterocycles. The Labute approximate surface area is 236 Å². The number of carboxylic acid groups (broad SMARTS) is 1. The average Bonchev–Trinajstić information content (AvgIpc) is 2.93. The van der Waals surface area contributed by atoms with Gasteiger partial charge in [0.05, 0.1) is 28.0 Å². The van der Waals surface area contributed by atoms with Crippen molar-refractivity contribution in [1.29, 1.82) is 5.26 Å². The first-order valence-corrected chi connectivity index (χ1v) is 13.3. The molecule has 0 unspecified atom stereocenters. The first-order chi connectivity index (χ1) is 19.5. The van der Waals surface area contributed by atoms with E-state index in [1.54, 1.807) is 30.6 Å². The second kappa shape index (κ2) is 10.5. The number of nitrogens with zero attached hydrogens (tertiary/aromatic N) is 8. The summed E-state index contributed by atoms with van der Waals surface area (Å²) >= 11 is 0. The fraction of sp³-hybridized carbons (Fsp3) is 0.345. The van der Waals surface area contributed by atoms with Crippen LogP contribution in [0.1, 0.15) is 50.4 Å². The molecule has 3 N–H and O–H groups in total. The van der Waals surface area contributed by atoms with E-state index in [2.05, 4.69) is 21.0 Å². The van der Waals surface area contributed by atoms with Gasteiger partial charge in [-0.25, -0.2) is 24.1 Å². The molecule has 1 saturated heterocycles. The molecule has 12 nitrogen and oxygen atoms in total. The van der Waals surface area contributed by atoms with Gasteiger partial charge in [-0.3, -0.25) is 4.98 Å². The summed E-state index contributed by atoms with van der Waals surface area (Å²) in [5.74, 6) is 0.531. The van der Waals surface area contributed by atoms with Crippen LogP contribution in [0, 0.1) is 18.3 Å². The number of nitrogens with two attached hydrogens (primary N) is 1. The standard InChI is InChI=1S/C29H31N9O3/c1-15(2)22-24(16(3)8-10-32-22)38-27-21(11-19(12-30)23(34-27)20-7-6-9-33-25(20)31)26(35-28(38)39)36-13-18(5)37(29(40)41)14-17(36)4/h6-11,15,17-18H,13-14H2,1-5H3,(H2,31,33)(H,40,41)/t17-,18+/m0/s1. The molecule has 4 aromatic rings. The lowest BCUT2D eigenvalue weighted by atomic mass is 10.0. The summed E-state index contributed by atoms with van der Waals surface area (Å²) in [5, 5.41) is 20.3. The van der Waals surface area contributed by atoms with Gasteiger partial charge in [0.15, 0.2) is 5.65 Å². The van der Waals surface area contributed by atoms with Crippen molar-refractivity contribution in [3.05, 3.63) is 64.0 Å². The monoisotopic (exact) mass is 553 g/mol. The van der Waals surface area contributed by atoms with Gasteiger partial charge in [-0.2, -0.15) is 10.2 Å². The fourth-order valence-electron chi connectivity index (χ4n) is 5.43. The summed E-state index contributed by atoms with van der Waals surface area (Å²) in [6.45, 7) is 10.1. The van der Waals surface area contributed by atoms with Crippen molar-refractivity contribution in [2.24, 2.45) is 0 Å². The molecule has 0 saturated carbocycles. The number of piperazine rings is 1. The van der Waals surface area contributed by atoms with Gasteiger partial charge in [-0.05, 0) is 56.5 Å². The molecule has 0 spiro atoms. The number of anilines is 2. The molecule has 0 aliphatic carbocycles. The number of nitriles is 1. The Kier molecular flexibility index (Phi) is 7.04. The lowest BCUT2D eigenvalue weighted by Crippen LogP contribution is -2.58. The molecule has 1 fully saturated rings. The average molecular weight is 554 g/mol. The lowest BCUT2D eigenvalue weighted by Gasteiger charge is -2.43. The topological polar surface area (TPSA) is 167 Å². The zero-order valence-electron chi connectivity index (χ0n) is 23.5. The third kappa shape index (κ3) is 4.69. The van der Waals surface area contributed by atoms with Gasteiger partial charge >= 0.3 is 11.8 Å². The molecule has 2 atom stereocenters. The van der Waals surface area contributed by atoms with E-state index >= 15 is 0 Å². The number of aromatic nitrogens is 5. The molecule has 1 aliphatic rings. The van der Waals surface area contributed by atoms with Crippen LogP contribution in [-0.4, -0.2) is 65.8 Å². The Morgan fingerprint density at radius 2 is 1.90 bits per heavy atom. The molecule has 12 heteroatoms. The van der Waals surface area contributed by atoms with Crippen LogP contribution in [0.3, 0.4) is 0 Å². The van der Waals surface area contributed by atoms with E-state index in [0.717, 1.165) is 5.56 Å². The molecule has 0 bridgehead atoms. The number of nitrogen functional groups attached to an aromatic ring is 1. The Morgan fingerprint density at radius 1 is 1.15 bits per heavy atom. The minimum Gasteiger partial charge on any atom is -0.465 e. The first-order valence-electron chi connectivity index (χ1n) is 13.3. The molecule has 5 heterocycles. The molecule has 0 aromatic carbocycles. The summed E-state index contributed by atoms with van der Waals surface area (Å²) in [6, 6.07) is 8.51. The van der Waals surface area contributed by atoms with Crippen LogP contribution in [0.25, 0.3) is 28.0 Å². The largest absolute Gasteiger partial charge is 0.465 e. The van der Waals surface area contributed by atoms with Crippen molar-refractivity contribution in [3.8, 4) is 23.0 Å². The Balaban J connectivity index is 1.88. The smallest absolute Gasteiger partial charge is 0.407 e. The molecule has 210 valence electrons. The summed E-state index contributed by atoms with van der Waals surface area (Å²) in [7, 11) is 0. The van der Waals surface area contributed by atoms with Crippen molar-refractivity contribution in [2.75, 3.05) is 23.7 Å². The van der Waals surface area contributed by atoms with Crippen LogP contribution in [0.2, 0.25) is 0 Å². The maximum Gasteiger partial charge on any atom is 0.407 e. The fourth-order valence-corrected chi connectivity index (χ4v) is 5.43. The molecular formula is C29H31N9O3. The Hall–Kier alpha value is -5.05. The summed E-state index contributed by atoms with van der Waals surface area (Å²) < 4.78 is 1.45. The number of carbonyl (C=O) groups is 1. The molecule has 1 aliphatic heterocycles. The molecule has 5 rings (SSSR count). The number of aryl methyl sites for hydroxylation is 1. The van der Waals surface area contributed by atoms with Crippen molar-refractivity contribution < 1.29 is 9.90 Å². The third-order valence-corrected chi connectivity index (χ3v) is 7.49. The van der Waals surface area contributed by atoms with Crippen LogP contribution < -0.4 is 16.3 Å². The Bertz CT molecular complexity index is 1780. The predicted octanol–water partition coefficient (Wildman–Crippen LogP) is 3.70. The van der Waals surface area contributed by atoms with Gasteiger partial charge in [-0.15, -0.1) is 0 Å². The second-order valence-electron chi connectivity index (χ2n) is 10.7. The number of amides is 1. The maximum absolute atomic E-state index is 14.0. The minimum absolute atomic E-state index is 0.0108. The van der Waals surface area contributed by atoms with E-state index in [4.69, 9.17) is 10.7 Å². The maximum atomic E-state index is 14.0. The highest BCUT2D eigenvalue weighted by molar-refractivity contribution is 5.93. The van der Waals surface area contributed by atoms with Gasteiger partial charge in [0.2, 0.25) is 0 Å². The Morgan fingerprint density at radius 3 is 2.56 bits per heavy atom. The highest BCUT2D eigenvalue weighted by Gasteiger charge is 2.34. The highest BCUT2D eigenvalue weighted by Crippen LogP contribution is 2.35. The SMILES string of the molecule is Cc1ccnc(C(C)C)c1-n1c(=O)nc(N2C[C@@H](C)N(C(=O)O)C[C@@H]2C)c2cc(C#N)c(-c3cccnc3N)nc21. The van der Waals surface area contributed by atoms with Gasteiger partial charge in [0.1, 0.15) is 17.7 Å². The van der Waals surface area contributed by atoms with Crippen molar-refractivity contribution >= 4 is 28.8 Å². The van der Waals surface area contributed by atoms with Gasteiger partial charge in [0, 0.05) is 43.1 Å². The third-order valence-electron chi connectivity index (χ3n) is 7.49. The number of fused-ring (bicyclic) bond motifs is 1. The van der Waals surface area contributed by atoms with Gasteiger partial charge in [-0.1, -0.05) is 13.8 Å². The highest BCUT2D eigenvalue weighted by atomic mass is 16.4. The predicted molar refractivity (Wildman–Crippen MR) is 155 cm³/mol. The molecule has 0 radical (unpaired) electrons. The number of rotatable bonds is 4. The van der Waals surface area contributed by atoms with Crippen molar-refractivity contribution in [2.45, 2.75) is 52.6 Å². The van der Waals surface area contributed by atoms with Crippen LogP contribution >= 0.6 is 0 Å². The van der Waals surface area contributed by atoms with E-state index < -0.39 is 11.8 Å². The van der Waals surface area contributed by atoms with E-state index in [9.17, 15) is 20.0 Å². The van der Waals surface area contributed by atoms with Crippen LogP contribution in [-0.2, 0) is 0 Å². The summed E-state index contributed by atoms with van der Waals surface area (Å²) in [6.07, 6.45) is 2.26. The molecule has 41 heavy (non-hydrogen) atoms. The second-order valence-corrected chi connectivity index (χ2v) is 10.7. The first kappa shape index (κ1) is 27.5. The number of hydrogen-bond acceptors (Lipinski definition) is 9. The van der Waals surface area contributed by atoms with E-state index in [1.165, 1.54) is 9.47 Å². The zero-order valence-corrected chi connectivity index (χ0v) is 23.5. The van der Waals surface area contributed by atoms with Crippen molar-refractivity contribution in [1.82, 2.24) is 29.4 Å². The van der Waals surface area contributed by atoms with Crippen LogP contribution in [0.5, 0.6) is 0 Å². The van der Waals surface area contributed by atoms with Crippen molar-refractivity contribution in [3.63, 3.8) is 0 Å². The normalized spacial score (nSPS) is 17.2. The van der Waals surface area contributed by atoms with Gasteiger partial charge < -0.3 is 20.6 Å². The lowest BCUT2D eigenvalue weighted by molar-refractivity contribution is 0.114. The minimum atomic E-state index is -1.00. The number of pyridine rings is 3. The van der Waals surface area contributed by atoms with Crippen LogP contribution in [0.15, 0.2) is 41.5 Å². The quantitative estimate of drug-likeness (QED) is 0.380. The molecule has 1 amide bonds. The van der Waals surface area contributed by atoms with Crippen LogP contribution in [0.4, 0.5) is 16.4 Å². The van der Waals surface area contributed by atoms with E-state index in [1.807, 2.05) is 45.6 Å². The summed E-state index contributed by atoms with van der Waals surface area (Å²) in [5.41, 5.74) is 9.01. The zero-order chi connectivity index (χ0) is 29.6. The summed E-state index contributed by atoms with van der Waals surface area (Å²) in [4.78, 5) is 47.3. The van der Waals surface area contributed by atoms with E-state index in [0.29, 0.717) is 40.4 Å².